The predicted octanol–water partition coefficient (Wildman–Crippen LogP) is 3.38. The Labute approximate surface area is 90.5 Å². The molecule has 0 aromatic heterocycles. The summed E-state index contributed by atoms with van der Waals surface area (Å²) in [4.78, 5) is 0. The third kappa shape index (κ3) is 1.67. The van der Waals surface area contributed by atoms with Crippen LogP contribution in [0.5, 0.6) is 0 Å². The van der Waals surface area contributed by atoms with Crippen molar-refractivity contribution in [2.75, 3.05) is 6.54 Å². The van der Waals surface area contributed by atoms with Gasteiger partial charge in [0.25, 0.3) is 0 Å². The van der Waals surface area contributed by atoms with Gasteiger partial charge in [-0.05, 0) is 56.0 Å². The Hall–Kier alpha value is -0.530. The van der Waals surface area contributed by atoms with Crippen LogP contribution in [0.4, 0.5) is 0 Å². The molecular formula is C12H16ClN. The molecule has 14 heavy (non-hydrogen) atoms. The molecule has 1 N–H and O–H groups in total. The maximum absolute atomic E-state index is 6.14. The fourth-order valence-corrected chi connectivity index (χ4v) is 2.47. The molecule has 1 aliphatic heterocycles. The van der Waals surface area contributed by atoms with Crippen molar-refractivity contribution < 1.29 is 0 Å². The van der Waals surface area contributed by atoms with Crippen LogP contribution in [-0.2, 0) is 0 Å². The van der Waals surface area contributed by atoms with Crippen LogP contribution in [0.3, 0.4) is 0 Å². The lowest BCUT2D eigenvalue weighted by Gasteiger charge is -2.17. The van der Waals surface area contributed by atoms with Crippen molar-refractivity contribution in [2.45, 2.75) is 32.7 Å². The van der Waals surface area contributed by atoms with Crippen LogP contribution in [0.15, 0.2) is 12.1 Å². The summed E-state index contributed by atoms with van der Waals surface area (Å²) in [6.45, 7) is 5.42. The first kappa shape index (κ1) is 10.0. The molecule has 0 saturated carbocycles. The van der Waals surface area contributed by atoms with E-state index in [2.05, 4.69) is 25.2 Å². The summed E-state index contributed by atoms with van der Waals surface area (Å²) < 4.78 is 0. The second-order valence-electron chi connectivity index (χ2n) is 4.05. The fraction of sp³-hybridized carbons (Fsp3) is 0.500. The van der Waals surface area contributed by atoms with Crippen LogP contribution >= 0.6 is 11.6 Å². The van der Waals surface area contributed by atoms with Gasteiger partial charge in [0.15, 0.2) is 0 Å². The molecule has 0 aliphatic carbocycles. The molecule has 0 amide bonds. The van der Waals surface area contributed by atoms with Crippen LogP contribution in [0.2, 0.25) is 5.02 Å². The van der Waals surface area contributed by atoms with Gasteiger partial charge in [-0.1, -0.05) is 17.7 Å². The van der Waals surface area contributed by atoms with Crippen molar-refractivity contribution in [3.05, 3.63) is 33.8 Å². The largest absolute Gasteiger partial charge is 0.310 e. The highest BCUT2D eigenvalue weighted by atomic mass is 35.5. The maximum atomic E-state index is 6.14. The number of aryl methyl sites for hydroxylation is 1. The zero-order valence-corrected chi connectivity index (χ0v) is 9.49. The zero-order chi connectivity index (χ0) is 10.1. The van der Waals surface area contributed by atoms with Crippen LogP contribution in [0.1, 0.15) is 35.6 Å². The van der Waals surface area contributed by atoms with Crippen LogP contribution in [0, 0.1) is 13.8 Å². The Morgan fingerprint density at radius 3 is 2.79 bits per heavy atom. The van der Waals surface area contributed by atoms with E-state index in [-0.39, 0.29) is 0 Å². The number of halogens is 1. The predicted molar refractivity (Wildman–Crippen MR) is 60.9 cm³/mol. The fourth-order valence-electron chi connectivity index (χ4n) is 2.30. The topological polar surface area (TPSA) is 12.0 Å². The summed E-state index contributed by atoms with van der Waals surface area (Å²) >= 11 is 6.14. The minimum Gasteiger partial charge on any atom is -0.310 e. The SMILES string of the molecule is Cc1ccc(Cl)c(C)c1C1CCCN1. The summed E-state index contributed by atoms with van der Waals surface area (Å²) in [7, 11) is 0. The first-order valence-electron chi connectivity index (χ1n) is 5.19. The van der Waals surface area contributed by atoms with Gasteiger partial charge in [-0.2, -0.15) is 0 Å². The van der Waals surface area contributed by atoms with E-state index in [0.717, 1.165) is 11.6 Å². The molecule has 2 heteroatoms. The highest BCUT2D eigenvalue weighted by Crippen LogP contribution is 2.31. The number of benzene rings is 1. The Balaban J connectivity index is 2.44. The van der Waals surface area contributed by atoms with E-state index < -0.39 is 0 Å². The van der Waals surface area contributed by atoms with Crippen LogP contribution < -0.4 is 5.32 Å². The zero-order valence-electron chi connectivity index (χ0n) is 8.73. The van der Waals surface area contributed by atoms with Crippen molar-refractivity contribution in [2.24, 2.45) is 0 Å². The Bertz CT molecular complexity index is 340. The number of hydrogen-bond acceptors (Lipinski definition) is 1. The molecule has 1 saturated heterocycles. The smallest absolute Gasteiger partial charge is 0.0438 e. The molecule has 1 atom stereocenters. The average Bonchev–Trinajstić information content (AvgIpc) is 2.65. The van der Waals surface area contributed by atoms with Crippen molar-refractivity contribution >= 4 is 11.6 Å². The first-order chi connectivity index (χ1) is 6.70. The lowest BCUT2D eigenvalue weighted by molar-refractivity contribution is 0.640. The van der Waals surface area contributed by atoms with Crippen molar-refractivity contribution in [1.82, 2.24) is 5.32 Å². The highest BCUT2D eigenvalue weighted by Gasteiger charge is 2.20. The first-order valence-corrected chi connectivity index (χ1v) is 5.57. The van der Waals surface area contributed by atoms with Gasteiger partial charge in [-0.3, -0.25) is 0 Å². The van der Waals surface area contributed by atoms with Gasteiger partial charge in [-0.25, -0.2) is 0 Å². The molecule has 1 fully saturated rings. The average molecular weight is 210 g/mol. The molecule has 1 aliphatic rings. The summed E-state index contributed by atoms with van der Waals surface area (Å²) in [5.41, 5.74) is 4.01. The van der Waals surface area contributed by atoms with Crippen molar-refractivity contribution in [1.29, 1.82) is 0 Å². The third-order valence-electron chi connectivity index (χ3n) is 3.08. The minimum atomic E-state index is 0.522. The standard InChI is InChI=1S/C12H16ClN/c1-8-5-6-10(13)9(2)12(8)11-4-3-7-14-11/h5-6,11,14H,3-4,7H2,1-2H3. The van der Waals surface area contributed by atoms with Crippen molar-refractivity contribution in [3.8, 4) is 0 Å². The van der Waals surface area contributed by atoms with E-state index in [1.54, 1.807) is 0 Å². The minimum absolute atomic E-state index is 0.522. The van der Waals surface area contributed by atoms with E-state index in [9.17, 15) is 0 Å². The van der Waals surface area contributed by atoms with Crippen LogP contribution in [0.25, 0.3) is 0 Å². The molecule has 0 radical (unpaired) electrons. The molecule has 0 bridgehead atoms. The second kappa shape index (κ2) is 3.92. The van der Waals surface area contributed by atoms with Gasteiger partial charge in [0, 0.05) is 11.1 Å². The summed E-state index contributed by atoms with van der Waals surface area (Å²) in [5.74, 6) is 0. The van der Waals surface area contributed by atoms with Gasteiger partial charge in [-0.15, -0.1) is 0 Å². The molecule has 1 unspecified atom stereocenters. The molecule has 2 rings (SSSR count). The summed E-state index contributed by atoms with van der Waals surface area (Å²) in [6, 6.07) is 4.63. The Morgan fingerprint density at radius 2 is 2.14 bits per heavy atom. The molecule has 1 aromatic rings. The molecule has 1 heterocycles. The van der Waals surface area contributed by atoms with Gasteiger partial charge in [0.05, 0.1) is 0 Å². The van der Waals surface area contributed by atoms with E-state index >= 15 is 0 Å². The van der Waals surface area contributed by atoms with Gasteiger partial charge in [0.1, 0.15) is 0 Å². The normalized spacial score (nSPS) is 21.5. The number of nitrogens with one attached hydrogen (secondary N) is 1. The lowest BCUT2D eigenvalue weighted by atomic mass is 9.95. The van der Waals surface area contributed by atoms with Gasteiger partial charge in [0.2, 0.25) is 0 Å². The molecule has 1 nitrogen and oxygen atoms in total. The van der Waals surface area contributed by atoms with E-state index in [0.29, 0.717) is 6.04 Å². The third-order valence-corrected chi connectivity index (χ3v) is 3.48. The molecule has 0 spiro atoms. The summed E-state index contributed by atoms with van der Waals surface area (Å²) in [6.07, 6.45) is 2.51. The van der Waals surface area contributed by atoms with Crippen molar-refractivity contribution in [3.63, 3.8) is 0 Å². The quantitative estimate of drug-likeness (QED) is 0.748. The highest BCUT2D eigenvalue weighted by molar-refractivity contribution is 6.31. The lowest BCUT2D eigenvalue weighted by Crippen LogP contribution is -2.15. The van der Waals surface area contributed by atoms with E-state index in [1.807, 2.05) is 6.07 Å². The number of rotatable bonds is 1. The van der Waals surface area contributed by atoms with E-state index in [1.165, 1.54) is 29.5 Å². The monoisotopic (exact) mass is 209 g/mol. The van der Waals surface area contributed by atoms with Crippen LogP contribution in [-0.4, -0.2) is 6.54 Å². The Kier molecular flexibility index (Phi) is 2.80. The molecule has 1 aromatic carbocycles. The number of hydrogen-bond donors (Lipinski definition) is 1. The molecular weight excluding hydrogens is 194 g/mol. The molecule has 76 valence electrons. The Morgan fingerprint density at radius 1 is 1.36 bits per heavy atom. The van der Waals surface area contributed by atoms with Gasteiger partial charge >= 0.3 is 0 Å². The second-order valence-corrected chi connectivity index (χ2v) is 4.46. The summed E-state index contributed by atoms with van der Waals surface area (Å²) in [5, 5.41) is 4.41. The van der Waals surface area contributed by atoms with Gasteiger partial charge < -0.3 is 5.32 Å². The van der Waals surface area contributed by atoms with E-state index in [4.69, 9.17) is 11.6 Å². The maximum Gasteiger partial charge on any atom is 0.0438 e.